The third-order valence-corrected chi connectivity index (χ3v) is 17.9. The summed E-state index contributed by atoms with van der Waals surface area (Å²) in [5, 5.41) is 33.3. The van der Waals surface area contributed by atoms with Crippen molar-refractivity contribution in [1.82, 2.24) is 53.6 Å². The van der Waals surface area contributed by atoms with Crippen molar-refractivity contribution in [3.05, 3.63) is 46.0 Å². The molecule has 9 heterocycles. The topological polar surface area (TPSA) is 551 Å². The molecule has 39 nitrogen and oxygen atoms in total. The molecule has 4 unspecified atom stereocenters. The molecule has 3 saturated heterocycles. The average Bonchev–Trinajstić information content (AvgIpc) is 4.43. The number of aromatic nitrogens is 12. The van der Waals surface area contributed by atoms with Gasteiger partial charge in [-0.2, -0.15) is 13.6 Å². The minimum absolute atomic E-state index is 0.00508. The molecule has 43 heteroatoms. The number of aliphatic hydroxyl groups excluding tert-OH is 3. The summed E-state index contributed by atoms with van der Waals surface area (Å²) in [6.45, 7) is 0.379. The van der Waals surface area contributed by atoms with E-state index in [2.05, 4.69) is 48.5 Å². The van der Waals surface area contributed by atoms with E-state index in [1.807, 2.05) is 0 Å². The normalized spacial score (nSPS) is 29.4. The number of nitrogens with two attached hydrogens (primary N) is 3. The number of nitrogens with zero attached hydrogens (tertiary/aromatic N) is 10. The summed E-state index contributed by atoms with van der Waals surface area (Å²) < 4.78 is 117. The summed E-state index contributed by atoms with van der Waals surface area (Å²) in [6, 6.07) is 0. The average molecular weight is 1220 g/mol. The molecule has 15 N–H and O–H groups in total. The number of aromatic amines is 2. The number of H-pyrrole nitrogens is 2. The highest BCUT2D eigenvalue weighted by Crippen LogP contribution is 2.68. The molecule has 3 aliphatic rings. The SMILES string of the molecule is CO[C@@H]1[C@H](OP(=O)(O)OC[C@H]2O[C@@H](n3cnc4c(=O)[nH]c(N)nc43)[C@H](O)[C@@H]2O)[C@@H](COP(=O)(O)OP(=O)(O)OP(=O)(O)OC[C@H]2O[C@@H]([n+]3cn(C)c4c(=O)[nH]c(N)nc43)[C@H](O)[C@@H]2CCOC(C)C)O[C@H]1n1cnc2c(N)ncnc21. The van der Waals surface area contributed by atoms with E-state index in [9.17, 15) is 62.7 Å². The van der Waals surface area contributed by atoms with E-state index in [1.165, 1.54) is 27.1 Å². The van der Waals surface area contributed by atoms with E-state index in [4.69, 9.17) is 59.0 Å². The summed E-state index contributed by atoms with van der Waals surface area (Å²) >= 11 is 0. The van der Waals surface area contributed by atoms with E-state index >= 15 is 0 Å². The lowest BCUT2D eigenvalue weighted by atomic mass is 9.95. The molecule has 0 aromatic carbocycles. The number of rotatable bonds is 23. The number of hydrogen-bond donors (Lipinski definition) is 12. The van der Waals surface area contributed by atoms with Gasteiger partial charge in [0.15, 0.2) is 41.4 Å². The van der Waals surface area contributed by atoms with Crippen LogP contribution in [0.1, 0.15) is 39.0 Å². The largest absolute Gasteiger partial charge is 0.490 e. The second-order valence-corrected chi connectivity index (χ2v) is 24.4. The van der Waals surface area contributed by atoms with Crippen molar-refractivity contribution >= 4 is 82.5 Å². The van der Waals surface area contributed by atoms with Crippen LogP contribution < -0.4 is 32.9 Å². The first-order valence-corrected chi connectivity index (χ1v) is 29.5. The molecular formula is C37H54N15O24P4+. The molecular weight excluding hydrogens is 1160 g/mol. The van der Waals surface area contributed by atoms with Gasteiger partial charge in [0.2, 0.25) is 17.7 Å². The molecule has 3 aliphatic heterocycles. The second-order valence-electron chi connectivity index (χ2n) is 18.3. The summed E-state index contributed by atoms with van der Waals surface area (Å²) in [5.41, 5.74) is 15.8. The van der Waals surface area contributed by atoms with Crippen molar-refractivity contribution < 1.29 is 108 Å². The van der Waals surface area contributed by atoms with Crippen LogP contribution in [-0.2, 0) is 75.7 Å². The summed E-state index contributed by atoms with van der Waals surface area (Å²) in [4.78, 5) is 96.9. The van der Waals surface area contributed by atoms with Crippen LogP contribution in [0, 0.1) is 5.92 Å². The third-order valence-electron chi connectivity index (χ3n) is 12.6. The minimum Gasteiger partial charge on any atom is -0.387 e. The molecule has 0 bridgehead atoms. The van der Waals surface area contributed by atoms with Crippen molar-refractivity contribution in [2.45, 2.75) is 93.9 Å². The van der Waals surface area contributed by atoms with Crippen LogP contribution in [-0.4, -0.2) is 177 Å². The fraction of sp³-hybridized carbons (Fsp3) is 0.595. The van der Waals surface area contributed by atoms with Crippen LogP contribution in [0.4, 0.5) is 17.7 Å². The highest BCUT2D eigenvalue weighted by molar-refractivity contribution is 7.66. The van der Waals surface area contributed by atoms with E-state index in [-0.39, 0.29) is 70.3 Å². The van der Waals surface area contributed by atoms with Crippen LogP contribution in [0.5, 0.6) is 0 Å². The minimum atomic E-state index is -6.19. The van der Waals surface area contributed by atoms with Crippen molar-refractivity contribution in [2.24, 2.45) is 13.0 Å². The molecule has 3 fully saturated rings. The van der Waals surface area contributed by atoms with Crippen LogP contribution >= 0.6 is 31.3 Å². The van der Waals surface area contributed by atoms with Crippen molar-refractivity contribution in [3.63, 3.8) is 0 Å². The lowest BCUT2D eigenvalue weighted by Crippen LogP contribution is -2.45. The van der Waals surface area contributed by atoms with Crippen LogP contribution in [0.15, 0.2) is 34.9 Å². The zero-order valence-corrected chi connectivity index (χ0v) is 45.5. The molecule has 80 heavy (non-hydrogen) atoms. The maximum atomic E-state index is 13.7. The van der Waals surface area contributed by atoms with Crippen LogP contribution in [0.2, 0.25) is 0 Å². The van der Waals surface area contributed by atoms with E-state index < -0.39 is 136 Å². The van der Waals surface area contributed by atoms with Crippen molar-refractivity contribution in [3.8, 4) is 0 Å². The van der Waals surface area contributed by atoms with Crippen molar-refractivity contribution in [2.75, 3.05) is 50.7 Å². The number of ether oxygens (including phenoxy) is 5. The number of nitrogens with one attached hydrogen (secondary N) is 2. The van der Waals surface area contributed by atoms with E-state index in [1.54, 1.807) is 13.8 Å². The third kappa shape index (κ3) is 12.4. The maximum Gasteiger partial charge on any atom is 0.490 e. The molecule has 16 atom stereocenters. The number of aryl methyl sites for hydroxylation is 1. The van der Waals surface area contributed by atoms with Gasteiger partial charge in [-0.1, -0.05) is 4.98 Å². The Morgan fingerprint density at radius 1 is 0.713 bits per heavy atom. The Balaban J connectivity index is 0.874. The zero-order valence-electron chi connectivity index (χ0n) is 41.9. The first kappa shape index (κ1) is 59.5. The molecule has 0 saturated carbocycles. The number of nitrogen functional groups attached to an aromatic ring is 3. The fourth-order valence-electron chi connectivity index (χ4n) is 9.17. The van der Waals surface area contributed by atoms with Crippen LogP contribution in [0.3, 0.4) is 0 Å². The number of anilines is 3. The van der Waals surface area contributed by atoms with E-state index in [0.717, 1.165) is 30.7 Å². The maximum absolute atomic E-state index is 13.7. The highest BCUT2D eigenvalue weighted by Gasteiger charge is 2.54. The first-order chi connectivity index (χ1) is 37.6. The van der Waals surface area contributed by atoms with Gasteiger partial charge in [-0.15, -0.1) is 0 Å². The smallest absolute Gasteiger partial charge is 0.387 e. The van der Waals surface area contributed by atoms with Crippen LogP contribution in [0.25, 0.3) is 33.5 Å². The predicted molar refractivity (Wildman–Crippen MR) is 262 cm³/mol. The van der Waals surface area contributed by atoms with Gasteiger partial charge >= 0.3 is 36.9 Å². The summed E-state index contributed by atoms with van der Waals surface area (Å²) in [5.74, 6) is -1.60. The van der Waals surface area contributed by atoms with E-state index in [0.29, 0.717) is 0 Å². The number of imidazole rings is 3. The lowest BCUT2D eigenvalue weighted by molar-refractivity contribution is -0.745. The Labute approximate surface area is 446 Å². The number of fused-ring (bicyclic) bond motifs is 3. The molecule has 0 amide bonds. The molecule has 6 aromatic rings. The molecule has 0 spiro atoms. The van der Waals surface area contributed by atoms with Gasteiger partial charge in [0, 0.05) is 19.6 Å². The van der Waals surface area contributed by atoms with Crippen molar-refractivity contribution in [1.29, 1.82) is 0 Å². The van der Waals surface area contributed by atoms with Gasteiger partial charge in [0.05, 0.1) is 51.7 Å². The van der Waals surface area contributed by atoms with Gasteiger partial charge in [-0.25, -0.2) is 42.8 Å². The Kier molecular flexibility index (Phi) is 17.0. The first-order valence-electron chi connectivity index (χ1n) is 23.5. The fourth-order valence-corrected chi connectivity index (χ4v) is 13.7. The lowest BCUT2D eigenvalue weighted by Gasteiger charge is -2.26. The van der Waals surface area contributed by atoms with Gasteiger partial charge in [0.1, 0.15) is 54.6 Å². The monoisotopic (exact) mass is 1220 g/mol. The molecule has 9 rings (SSSR count). The highest BCUT2D eigenvalue weighted by atomic mass is 31.3. The number of phosphoric acid groups is 4. The number of aliphatic hydroxyl groups is 3. The Bertz CT molecular complexity index is 3580. The molecule has 0 radical (unpaired) electrons. The zero-order chi connectivity index (χ0) is 58.0. The molecule has 6 aromatic heterocycles. The Morgan fingerprint density at radius 2 is 1.31 bits per heavy atom. The van der Waals surface area contributed by atoms with Gasteiger partial charge in [-0.05, 0) is 20.3 Å². The summed E-state index contributed by atoms with van der Waals surface area (Å²) in [6.07, 6.45) is -13.0. The number of methoxy groups -OCH3 is 1. The summed E-state index contributed by atoms with van der Waals surface area (Å²) in [7, 11) is -20.8. The standard InChI is InChI=1S/C37H53N15O24P4/c1-14(2)67-6-5-15-16(71-33(22(15)53)52-13-49(3)21-30(52)46-37(40)48-32(21)57)7-69-78(60,61)75-80(64,65)76-79(62,63)70-9-18-25(26(66-4)35(73-18)50-11-43-19-27(38)41-10-42-28(19)50)74-77(58,59)68-8-17-23(54)24(55)34(72-17)51-12-44-20-29(51)45-36(39)47-31(20)56/h10-18,22-26,33-35,53-55H,5-9H2,1-4H3,(H11-,38,39,40,41,42,45,46,47,48,56,57,58,59,60,61,62,63,64,65)/p+1/t15-,16-,17-,18-,22-,23-,24-,25-,26-,33-,34-,35-/m1/s1. The van der Waals surface area contributed by atoms with Gasteiger partial charge in [-0.3, -0.25) is 51.4 Å². The molecule has 440 valence electrons. The number of phosphoric ester groups is 3. The Hall–Kier alpha value is -5.15. The molecule has 0 aliphatic carbocycles. The predicted octanol–water partition coefficient (Wildman–Crippen LogP) is -2.64. The number of hydrogen-bond acceptors (Lipinski definition) is 29. The Morgan fingerprint density at radius 3 is 1.99 bits per heavy atom. The second kappa shape index (κ2) is 22.9. The van der Waals surface area contributed by atoms with Gasteiger partial charge < -0.3 is 75.8 Å². The quantitative estimate of drug-likeness (QED) is 0.0230. The van der Waals surface area contributed by atoms with Gasteiger partial charge in [0.25, 0.3) is 17.1 Å².